The average Bonchev–Trinajstić information content (AvgIpc) is 2.93. The second-order valence-electron chi connectivity index (χ2n) is 8.74. The molecule has 1 aliphatic rings. The summed E-state index contributed by atoms with van der Waals surface area (Å²) in [4.78, 5) is 26.9. The number of amides is 1. The van der Waals surface area contributed by atoms with E-state index < -0.39 is 0 Å². The molecule has 1 amide bonds. The lowest BCUT2D eigenvalue weighted by Crippen LogP contribution is -2.35. The third kappa shape index (κ3) is 3.82. The van der Waals surface area contributed by atoms with E-state index in [9.17, 15) is 9.59 Å². The zero-order valence-electron chi connectivity index (χ0n) is 16.3. The van der Waals surface area contributed by atoms with Gasteiger partial charge in [0.25, 0.3) is 5.56 Å². The number of aryl methyl sites for hydroxylation is 1. The largest absolute Gasteiger partial charge is 0.354 e. The van der Waals surface area contributed by atoms with Crippen molar-refractivity contribution >= 4 is 27.5 Å². The fourth-order valence-electron chi connectivity index (χ4n) is 3.48. The molecule has 0 spiro atoms. The van der Waals surface area contributed by atoms with Crippen LogP contribution in [0.2, 0.25) is 0 Å². The van der Waals surface area contributed by atoms with Gasteiger partial charge in [-0.25, -0.2) is 4.68 Å². The Morgan fingerprint density at radius 2 is 2.12 bits per heavy atom. The minimum absolute atomic E-state index is 0.0796. The van der Waals surface area contributed by atoms with E-state index in [1.807, 2.05) is 13.8 Å². The van der Waals surface area contributed by atoms with E-state index in [4.69, 9.17) is 0 Å². The van der Waals surface area contributed by atoms with Crippen LogP contribution in [0, 0.1) is 17.3 Å². The van der Waals surface area contributed by atoms with Crippen LogP contribution in [0.25, 0.3) is 10.2 Å². The minimum Gasteiger partial charge on any atom is -0.354 e. The smallest absolute Gasteiger partial charge is 0.279 e. The van der Waals surface area contributed by atoms with Gasteiger partial charge in [-0.3, -0.25) is 9.59 Å². The van der Waals surface area contributed by atoms with Crippen LogP contribution < -0.4 is 10.9 Å². The Kier molecular flexibility index (Phi) is 5.19. The van der Waals surface area contributed by atoms with Crippen LogP contribution in [0.3, 0.4) is 0 Å². The first-order valence-corrected chi connectivity index (χ1v) is 10.1. The lowest BCUT2D eigenvalue weighted by atomic mass is 9.72. The molecule has 0 aromatic carbocycles. The summed E-state index contributed by atoms with van der Waals surface area (Å²) in [7, 11) is 0. The van der Waals surface area contributed by atoms with Gasteiger partial charge in [0.15, 0.2) is 4.83 Å². The standard InChI is InChI=1S/C19H28N4O2S/c1-11(2)9-20-15(24)10-23-18(25)16-13-7-6-12(19(3,4)5)8-14(13)26-17(16)21-22-23/h11-12H,6-10H2,1-5H3,(H,20,24). The highest BCUT2D eigenvalue weighted by Gasteiger charge is 2.32. The Balaban J connectivity index is 1.89. The number of thiophene rings is 1. The summed E-state index contributed by atoms with van der Waals surface area (Å²) in [5.41, 5.74) is 1.19. The molecule has 0 radical (unpaired) electrons. The number of hydrogen-bond acceptors (Lipinski definition) is 5. The van der Waals surface area contributed by atoms with E-state index in [1.165, 1.54) is 9.56 Å². The number of nitrogens with zero attached hydrogens (tertiary/aromatic N) is 3. The highest BCUT2D eigenvalue weighted by molar-refractivity contribution is 7.18. The first kappa shape index (κ1) is 19.0. The predicted octanol–water partition coefficient (Wildman–Crippen LogP) is 2.78. The molecule has 2 heterocycles. The lowest BCUT2D eigenvalue weighted by molar-refractivity contribution is -0.122. The molecule has 7 heteroatoms. The fourth-order valence-corrected chi connectivity index (χ4v) is 4.71. The lowest BCUT2D eigenvalue weighted by Gasteiger charge is -2.33. The molecule has 0 saturated carbocycles. The van der Waals surface area contributed by atoms with E-state index in [0.29, 0.717) is 28.6 Å². The van der Waals surface area contributed by atoms with Crippen LogP contribution in [0.5, 0.6) is 0 Å². The van der Waals surface area contributed by atoms with Gasteiger partial charge in [-0.2, -0.15) is 0 Å². The Labute approximate surface area is 158 Å². The van der Waals surface area contributed by atoms with E-state index in [0.717, 1.165) is 24.8 Å². The number of rotatable bonds is 4. The summed E-state index contributed by atoms with van der Waals surface area (Å²) in [6.45, 7) is 11.4. The molecule has 0 fully saturated rings. The molecule has 1 N–H and O–H groups in total. The first-order valence-electron chi connectivity index (χ1n) is 9.31. The fraction of sp³-hybridized carbons (Fsp3) is 0.684. The van der Waals surface area contributed by atoms with Gasteiger partial charge in [-0.1, -0.05) is 39.8 Å². The van der Waals surface area contributed by atoms with E-state index in [-0.39, 0.29) is 23.4 Å². The minimum atomic E-state index is -0.202. The summed E-state index contributed by atoms with van der Waals surface area (Å²) in [6, 6.07) is 0. The van der Waals surface area contributed by atoms with Gasteiger partial charge >= 0.3 is 0 Å². The topological polar surface area (TPSA) is 76.9 Å². The van der Waals surface area contributed by atoms with Crippen molar-refractivity contribution in [2.75, 3.05) is 6.54 Å². The molecule has 142 valence electrons. The summed E-state index contributed by atoms with van der Waals surface area (Å²) in [6.07, 6.45) is 2.98. The Morgan fingerprint density at radius 1 is 1.38 bits per heavy atom. The molecule has 0 aliphatic heterocycles. The molecule has 2 aromatic heterocycles. The van der Waals surface area contributed by atoms with Crippen LogP contribution in [0.4, 0.5) is 0 Å². The summed E-state index contributed by atoms with van der Waals surface area (Å²) in [5.74, 6) is 0.773. The van der Waals surface area contributed by atoms with E-state index in [2.05, 4.69) is 36.4 Å². The zero-order valence-corrected chi connectivity index (χ0v) is 17.1. The maximum atomic E-state index is 12.9. The van der Waals surface area contributed by atoms with Crippen molar-refractivity contribution in [3.8, 4) is 0 Å². The first-order chi connectivity index (χ1) is 12.2. The van der Waals surface area contributed by atoms with Crippen molar-refractivity contribution < 1.29 is 4.79 Å². The van der Waals surface area contributed by atoms with Crippen LogP contribution in [0.1, 0.15) is 51.5 Å². The van der Waals surface area contributed by atoms with E-state index in [1.54, 1.807) is 11.3 Å². The number of hydrogen-bond donors (Lipinski definition) is 1. The molecule has 2 aromatic rings. The van der Waals surface area contributed by atoms with Gasteiger partial charge in [0.1, 0.15) is 6.54 Å². The molecular formula is C19H28N4O2S. The normalized spacial score (nSPS) is 17.5. The average molecular weight is 377 g/mol. The Morgan fingerprint density at radius 3 is 2.77 bits per heavy atom. The molecule has 6 nitrogen and oxygen atoms in total. The Bertz CT molecular complexity index is 876. The van der Waals surface area contributed by atoms with Crippen molar-refractivity contribution in [3.05, 3.63) is 20.8 Å². The molecular weight excluding hydrogens is 348 g/mol. The Hall–Kier alpha value is -1.76. The molecule has 1 aliphatic carbocycles. The van der Waals surface area contributed by atoms with Crippen molar-refractivity contribution in [1.82, 2.24) is 20.3 Å². The maximum absolute atomic E-state index is 12.9. The van der Waals surface area contributed by atoms with Gasteiger partial charge in [0.05, 0.1) is 5.39 Å². The molecule has 26 heavy (non-hydrogen) atoms. The van der Waals surface area contributed by atoms with Crippen LogP contribution in [-0.2, 0) is 24.2 Å². The molecule has 0 saturated heterocycles. The second kappa shape index (κ2) is 7.10. The van der Waals surface area contributed by atoms with Crippen molar-refractivity contribution in [3.63, 3.8) is 0 Å². The zero-order chi connectivity index (χ0) is 19.1. The van der Waals surface area contributed by atoms with Gasteiger partial charge in [-0.05, 0) is 42.1 Å². The maximum Gasteiger partial charge on any atom is 0.279 e. The molecule has 3 rings (SSSR count). The number of carbonyl (C=O) groups is 1. The molecule has 1 unspecified atom stereocenters. The van der Waals surface area contributed by atoms with Crippen molar-refractivity contribution in [1.29, 1.82) is 0 Å². The van der Waals surface area contributed by atoms with Gasteiger partial charge in [0.2, 0.25) is 5.91 Å². The second-order valence-corrected chi connectivity index (χ2v) is 9.82. The van der Waals surface area contributed by atoms with Gasteiger partial charge < -0.3 is 5.32 Å². The number of aromatic nitrogens is 3. The van der Waals surface area contributed by atoms with Crippen molar-refractivity contribution in [2.24, 2.45) is 17.3 Å². The SMILES string of the molecule is CC(C)CNC(=O)Cn1nnc2sc3c(c2c1=O)CCC(C(C)(C)C)C3. The predicted molar refractivity (Wildman–Crippen MR) is 104 cm³/mol. The highest BCUT2D eigenvalue weighted by atomic mass is 32.1. The van der Waals surface area contributed by atoms with Crippen molar-refractivity contribution in [2.45, 2.75) is 60.4 Å². The summed E-state index contributed by atoms with van der Waals surface area (Å²) in [5, 5.41) is 11.7. The van der Waals surface area contributed by atoms with E-state index >= 15 is 0 Å². The number of nitrogens with one attached hydrogen (secondary N) is 1. The molecule has 1 atom stereocenters. The highest BCUT2D eigenvalue weighted by Crippen LogP contribution is 2.41. The van der Waals surface area contributed by atoms with Crippen LogP contribution >= 0.6 is 11.3 Å². The number of carbonyl (C=O) groups excluding carboxylic acids is 1. The van der Waals surface area contributed by atoms with Crippen LogP contribution in [0.15, 0.2) is 4.79 Å². The summed E-state index contributed by atoms with van der Waals surface area (Å²) < 4.78 is 1.20. The summed E-state index contributed by atoms with van der Waals surface area (Å²) >= 11 is 1.59. The van der Waals surface area contributed by atoms with Gasteiger partial charge in [0, 0.05) is 11.4 Å². The third-order valence-electron chi connectivity index (χ3n) is 5.16. The quantitative estimate of drug-likeness (QED) is 0.890. The third-order valence-corrected chi connectivity index (χ3v) is 6.30. The van der Waals surface area contributed by atoms with Crippen LogP contribution in [-0.4, -0.2) is 27.4 Å². The number of fused-ring (bicyclic) bond motifs is 3. The van der Waals surface area contributed by atoms with Gasteiger partial charge in [-0.15, -0.1) is 16.4 Å². The monoisotopic (exact) mass is 376 g/mol. The molecule has 0 bridgehead atoms.